The van der Waals surface area contributed by atoms with Crippen LogP contribution in [0.4, 0.5) is 8.78 Å². The third-order valence-corrected chi connectivity index (χ3v) is 3.17. The van der Waals surface area contributed by atoms with Gasteiger partial charge < -0.3 is 4.74 Å². The molecule has 1 heterocycles. The van der Waals surface area contributed by atoms with Crippen molar-refractivity contribution in [3.63, 3.8) is 0 Å². The standard InChI is InChI=1S/C9H3ClF2O2S/c10-7-5(11)1-4-2-6(14-3-13)15-9(4)8(7)12/h1-3H. The predicted molar refractivity (Wildman–Crippen MR) is 53.4 cm³/mol. The van der Waals surface area contributed by atoms with E-state index in [9.17, 15) is 13.6 Å². The number of hydrogen-bond donors (Lipinski definition) is 0. The maximum atomic E-state index is 13.4. The number of hydrogen-bond acceptors (Lipinski definition) is 3. The van der Waals surface area contributed by atoms with Gasteiger partial charge in [-0.25, -0.2) is 8.78 Å². The van der Waals surface area contributed by atoms with Crippen LogP contribution in [0.2, 0.25) is 5.02 Å². The predicted octanol–water partition coefficient (Wildman–Crippen LogP) is 3.37. The second-order valence-electron chi connectivity index (χ2n) is 2.68. The highest BCUT2D eigenvalue weighted by molar-refractivity contribution is 7.20. The van der Waals surface area contributed by atoms with Gasteiger partial charge >= 0.3 is 0 Å². The van der Waals surface area contributed by atoms with Gasteiger partial charge in [0, 0.05) is 11.5 Å². The summed E-state index contributed by atoms with van der Waals surface area (Å²) in [4.78, 5) is 10.1. The Morgan fingerprint density at radius 2 is 2.13 bits per heavy atom. The van der Waals surface area contributed by atoms with Crippen LogP contribution in [0.15, 0.2) is 12.1 Å². The van der Waals surface area contributed by atoms with Gasteiger partial charge in [0.05, 0.1) is 4.70 Å². The van der Waals surface area contributed by atoms with Crippen molar-refractivity contribution in [2.24, 2.45) is 0 Å². The Morgan fingerprint density at radius 3 is 2.80 bits per heavy atom. The van der Waals surface area contributed by atoms with Crippen molar-refractivity contribution in [2.75, 3.05) is 0 Å². The minimum absolute atomic E-state index is 0.165. The SMILES string of the molecule is O=COc1cc2cc(F)c(Cl)c(F)c2s1. The summed E-state index contributed by atoms with van der Waals surface area (Å²) in [6, 6.07) is 2.46. The number of ether oxygens (including phenoxy) is 1. The largest absolute Gasteiger partial charge is 0.418 e. The van der Waals surface area contributed by atoms with Crippen LogP contribution in [0.3, 0.4) is 0 Å². The Balaban J connectivity index is 2.70. The van der Waals surface area contributed by atoms with Gasteiger partial charge in [0.2, 0.25) is 0 Å². The van der Waals surface area contributed by atoms with Crippen LogP contribution in [-0.4, -0.2) is 6.47 Å². The minimum atomic E-state index is -0.836. The van der Waals surface area contributed by atoms with E-state index in [4.69, 9.17) is 11.6 Å². The van der Waals surface area contributed by atoms with Crippen LogP contribution in [0.25, 0.3) is 10.1 Å². The fourth-order valence-corrected chi connectivity index (χ4v) is 2.28. The molecule has 0 fully saturated rings. The molecule has 15 heavy (non-hydrogen) atoms. The maximum Gasteiger partial charge on any atom is 0.299 e. The molecular weight excluding hydrogens is 246 g/mol. The summed E-state index contributed by atoms with van der Waals surface area (Å²) in [6.45, 7) is 0.223. The summed E-state index contributed by atoms with van der Waals surface area (Å²) in [5.74, 6) is -1.67. The van der Waals surface area contributed by atoms with Gasteiger partial charge in [0.1, 0.15) is 10.8 Å². The molecule has 0 atom stereocenters. The average Bonchev–Trinajstić information content (AvgIpc) is 2.58. The zero-order chi connectivity index (χ0) is 11.0. The van der Waals surface area contributed by atoms with Crippen LogP contribution in [0.5, 0.6) is 5.06 Å². The molecule has 0 N–H and O–H groups in total. The molecule has 2 rings (SSSR count). The van der Waals surface area contributed by atoms with E-state index in [1.807, 2.05) is 0 Å². The van der Waals surface area contributed by atoms with Crippen LogP contribution in [-0.2, 0) is 4.79 Å². The van der Waals surface area contributed by atoms with E-state index in [2.05, 4.69) is 4.74 Å². The van der Waals surface area contributed by atoms with E-state index in [1.165, 1.54) is 6.07 Å². The number of carbonyl (C=O) groups excluding carboxylic acids is 1. The first kappa shape index (κ1) is 10.3. The molecule has 0 spiro atoms. The molecule has 0 aliphatic rings. The first-order chi connectivity index (χ1) is 7.13. The lowest BCUT2D eigenvalue weighted by molar-refractivity contribution is -0.120. The van der Waals surface area contributed by atoms with Crippen molar-refractivity contribution in [3.05, 3.63) is 28.8 Å². The molecular formula is C9H3ClF2O2S. The molecule has 0 saturated heterocycles. The quantitative estimate of drug-likeness (QED) is 0.602. The lowest BCUT2D eigenvalue weighted by atomic mass is 10.2. The van der Waals surface area contributed by atoms with E-state index in [0.717, 1.165) is 17.4 Å². The summed E-state index contributed by atoms with van der Waals surface area (Å²) in [5, 5.41) is -0.0428. The second-order valence-corrected chi connectivity index (χ2v) is 4.08. The lowest BCUT2D eigenvalue weighted by Crippen LogP contribution is -1.82. The lowest BCUT2D eigenvalue weighted by Gasteiger charge is -1.96. The third-order valence-electron chi connectivity index (χ3n) is 1.79. The van der Waals surface area contributed by atoms with Crippen LogP contribution in [0, 0.1) is 11.6 Å². The maximum absolute atomic E-state index is 13.4. The molecule has 0 bridgehead atoms. The normalized spacial score (nSPS) is 10.6. The number of rotatable bonds is 2. The van der Waals surface area contributed by atoms with E-state index >= 15 is 0 Å². The summed E-state index contributed by atoms with van der Waals surface area (Å²) >= 11 is 6.28. The molecule has 2 aromatic rings. The highest BCUT2D eigenvalue weighted by Crippen LogP contribution is 2.37. The van der Waals surface area contributed by atoms with Crippen molar-refractivity contribution >= 4 is 39.5 Å². The van der Waals surface area contributed by atoms with Gasteiger partial charge in [-0.3, -0.25) is 4.79 Å². The third kappa shape index (κ3) is 1.68. The van der Waals surface area contributed by atoms with E-state index in [1.54, 1.807) is 0 Å². The summed E-state index contributed by atoms with van der Waals surface area (Å²) in [5.41, 5.74) is 0. The van der Waals surface area contributed by atoms with Crippen molar-refractivity contribution < 1.29 is 18.3 Å². The Morgan fingerprint density at radius 1 is 1.40 bits per heavy atom. The van der Waals surface area contributed by atoms with E-state index in [-0.39, 0.29) is 16.2 Å². The molecule has 0 unspecified atom stereocenters. The molecule has 0 radical (unpaired) electrons. The van der Waals surface area contributed by atoms with Gasteiger partial charge in [-0.15, -0.1) is 0 Å². The molecule has 0 amide bonds. The zero-order valence-electron chi connectivity index (χ0n) is 7.09. The van der Waals surface area contributed by atoms with Crippen LogP contribution >= 0.6 is 22.9 Å². The highest BCUT2D eigenvalue weighted by atomic mass is 35.5. The highest BCUT2D eigenvalue weighted by Gasteiger charge is 2.15. The van der Waals surface area contributed by atoms with Crippen molar-refractivity contribution in [2.45, 2.75) is 0 Å². The van der Waals surface area contributed by atoms with Crippen LogP contribution < -0.4 is 4.74 Å². The number of thiophene rings is 1. The number of carbonyl (C=O) groups is 1. The summed E-state index contributed by atoms with van der Waals surface area (Å²) in [7, 11) is 0. The topological polar surface area (TPSA) is 26.3 Å². The average molecular weight is 249 g/mol. The van der Waals surface area contributed by atoms with Gasteiger partial charge in [0.25, 0.3) is 6.47 Å². The number of fused-ring (bicyclic) bond motifs is 1. The fraction of sp³-hybridized carbons (Fsp3) is 0. The van der Waals surface area contributed by atoms with E-state index in [0.29, 0.717) is 5.39 Å². The number of benzene rings is 1. The molecule has 6 heteroatoms. The monoisotopic (exact) mass is 248 g/mol. The van der Waals surface area contributed by atoms with Gasteiger partial charge in [-0.1, -0.05) is 22.9 Å². The Labute approximate surface area is 92.0 Å². The summed E-state index contributed by atoms with van der Waals surface area (Å²) in [6.07, 6.45) is 0. The van der Waals surface area contributed by atoms with Crippen LogP contribution in [0.1, 0.15) is 0 Å². The van der Waals surface area contributed by atoms with Crippen molar-refractivity contribution in [1.82, 2.24) is 0 Å². The molecule has 0 aliphatic heterocycles. The first-order valence-corrected chi connectivity index (χ1v) is 5.00. The molecule has 0 aliphatic carbocycles. The Bertz CT molecular complexity index is 538. The minimum Gasteiger partial charge on any atom is -0.418 e. The molecule has 2 nitrogen and oxygen atoms in total. The molecule has 78 valence electrons. The fourth-order valence-electron chi connectivity index (χ4n) is 1.17. The van der Waals surface area contributed by atoms with Crippen molar-refractivity contribution in [3.8, 4) is 5.06 Å². The Hall–Kier alpha value is -1.20. The smallest absolute Gasteiger partial charge is 0.299 e. The molecule has 1 aromatic heterocycles. The first-order valence-electron chi connectivity index (χ1n) is 3.81. The van der Waals surface area contributed by atoms with Gasteiger partial charge in [-0.2, -0.15) is 0 Å². The van der Waals surface area contributed by atoms with Crippen molar-refractivity contribution in [1.29, 1.82) is 0 Å². The Kier molecular flexibility index (Phi) is 2.58. The second kappa shape index (κ2) is 3.75. The molecule has 1 aromatic carbocycles. The van der Waals surface area contributed by atoms with Gasteiger partial charge in [-0.05, 0) is 6.07 Å². The van der Waals surface area contributed by atoms with Gasteiger partial charge in [0.15, 0.2) is 10.9 Å². The summed E-state index contributed by atoms with van der Waals surface area (Å²) < 4.78 is 31.1. The zero-order valence-corrected chi connectivity index (χ0v) is 8.66. The van der Waals surface area contributed by atoms with E-state index < -0.39 is 16.7 Å². The number of halogens is 3. The molecule has 0 saturated carbocycles.